The van der Waals surface area contributed by atoms with Crippen LogP contribution in [-0.4, -0.2) is 13.2 Å². The largest absolute Gasteiger partial charge is 0.497 e. The van der Waals surface area contributed by atoms with Gasteiger partial charge in [0.2, 0.25) is 0 Å². The highest BCUT2D eigenvalue weighted by Gasteiger charge is 2.17. The minimum atomic E-state index is 0.332. The Morgan fingerprint density at radius 2 is 2.12 bits per heavy atom. The van der Waals surface area contributed by atoms with Crippen LogP contribution in [0.25, 0.3) is 0 Å². The molecule has 2 atom stereocenters. The lowest BCUT2D eigenvalue weighted by molar-refractivity contribution is 0.413. The molecule has 0 aromatic heterocycles. The van der Waals surface area contributed by atoms with Crippen molar-refractivity contribution >= 4 is 9.24 Å². The van der Waals surface area contributed by atoms with E-state index in [4.69, 9.17) is 4.74 Å². The molecule has 2 rings (SSSR count). The Bertz CT molecular complexity index is 336. The number of ether oxygens (including phenoxy) is 1. The van der Waals surface area contributed by atoms with Gasteiger partial charge in [0.15, 0.2) is 0 Å². The van der Waals surface area contributed by atoms with E-state index < -0.39 is 0 Å². The summed E-state index contributed by atoms with van der Waals surface area (Å²) >= 11 is 0. The summed E-state index contributed by atoms with van der Waals surface area (Å²) in [6.45, 7) is 0. The Balaban J connectivity index is 1.98. The Morgan fingerprint density at radius 1 is 1.38 bits per heavy atom. The van der Waals surface area contributed by atoms with E-state index >= 15 is 0 Å². The third kappa shape index (κ3) is 2.96. The number of benzene rings is 1. The van der Waals surface area contributed by atoms with Crippen LogP contribution in [-0.2, 0) is 0 Å². The quantitative estimate of drug-likeness (QED) is 0.812. The summed E-state index contributed by atoms with van der Waals surface area (Å²) in [6.07, 6.45) is 5.37. The van der Waals surface area contributed by atoms with Gasteiger partial charge in [-0.15, -0.1) is 9.24 Å². The minimum Gasteiger partial charge on any atom is -0.497 e. The molecule has 0 heterocycles. The molecule has 1 aliphatic carbocycles. The fraction of sp³-hybridized carbons (Fsp3) is 0.538. The number of methoxy groups -OCH3 is 1. The fourth-order valence-corrected chi connectivity index (χ4v) is 2.76. The van der Waals surface area contributed by atoms with E-state index in [0.29, 0.717) is 11.8 Å². The summed E-state index contributed by atoms with van der Waals surface area (Å²) < 4.78 is 5.24. The first-order valence-electron chi connectivity index (χ1n) is 5.95. The molecule has 1 fully saturated rings. The lowest BCUT2D eigenvalue weighted by Crippen LogP contribution is -2.27. The van der Waals surface area contributed by atoms with Gasteiger partial charge in [0.1, 0.15) is 5.75 Å². The van der Waals surface area contributed by atoms with E-state index in [0.717, 1.165) is 5.75 Å². The van der Waals surface area contributed by atoms with Gasteiger partial charge in [0.05, 0.1) is 7.11 Å². The SMILES string of the molecule is COc1cccc(C(P)NC2CCCC2)c1. The average Bonchev–Trinajstić information content (AvgIpc) is 2.82. The monoisotopic (exact) mass is 237 g/mol. The molecule has 0 radical (unpaired) electrons. The Labute approximate surface area is 100.0 Å². The van der Waals surface area contributed by atoms with Crippen LogP contribution >= 0.6 is 9.24 Å². The summed E-state index contributed by atoms with van der Waals surface area (Å²) in [7, 11) is 4.59. The van der Waals surface area contributed by atoms with Gasteiger partial charge in [-0.3, -0.25) is 0 Å². The lowest BCUT2D eigenvalue weighted by atomic mass is 10.2. The molecule has 0 bridgehead atoms. The van der Waals surface area contributed by atoms with E-state index in [9.17, 15) is 0 Å². The third-order valence-electron chi connectivity index (χ3n) is 3.22. The minimum absolute atomic E-state index is 0.332. The number of rotatable bonds is 4. The maximum absolute atomic E-state index is 5.24. The molecule has 0 amide bonds. The Morgan fingerprint density at radius 3 is 2.81 bits per heavy atom. The predicted octanol–water partition coefficient (Wildman–Crippen LogP) is 3.10. The molecular formula is C13H20NOP. The molecule has 1 N–H and O–H groups in total. The van der Waals surface area contributed by atoms with Crippen molar-refractivity contribution in [1.82, 2.24) is 5.32 Å². The van der Waals surface area contributed by atoms with E-state index in [-0.39, 0.29) is 0 Å². The van der Waals surface area contributed by atoms with Crippen LogP contribution < -0.4 is 10.1 Å². The standard InChI is InChI=1S/C13H20NOP/c1-15-12-8-4-5-10(9-12)13(16)14-11-6-2-3-7-11/h4-5,8-9,11,13-14H,2-3,6-7,16H2,1H3. The molecule has 1 aromatic rings. The molecular weight excluding hydrogens is 217 g/mol. The second kappa shape index (κ2) is 5.65. The molecule has 0 saturated heterocycles. The van der Waals surface area contributed by atoms with Crippen molar-refractivity contribution in [2.45, 2.75) is 37.5 Å². The van der Waals surface area contributed by atoms with Crippen LogP contribution in [0.3, 0.4) is 0 Å². The van der Waals surface area contributed by atoms with E-state index in [2.05, 4.69) is 26.7 Å². The maximum Gasteiger partial charge on any atom is 0.119 e. The first-order valence-corrected chi connectivity index (χ1v) is 6.62. The molecule has 88 valence electrons. The van der Waals surface area contributed by atoms with Gasteiger partial charge in [-0.05, 0) is 30.5 Å². The number of nitrogens with one attached hydrogen (secondary N) is 1. The fourth-order valence-electron chi connectivity index (χ4n) is 2.28. The first kappa shape index (κ1) is 11.9. The smallest absolute Gasteiger partial charge is 0.119 e. The average molecular weight is 237 g/mol. The molecule has 16 heavy (non-hydrogen) atoms. The highest BCUT2D eigenvalue weighted by Crippen LogP contribution is 2.27. The molecule has 2 nitrogen and oxygen atoms in total. The van der Waals surface area contributed by atoms with Crippen molar-refractivity contribution in [3.8, 4) is 5.75 Å². The molecule has 0 aliphatic heterocycles. The second-order valence-electron chi connectivity index (χ2n) is 4.40. The topological polar surface area (TPSA) is 21.3 Å². The molecule has 1 aromatic carbocycles. The summed E-state index contributed by atoms with van der Waals surface area (Å²) in [6, 6.07) is 8.95. The lowest BCUT2D eigenvalue weighted by Gasteiger charge is -2.19. The summed E-state index contributed by atoms with van der Waals surface area (Å²) in [5.41, 5.74) is 1.27. The maximum atomic E-state index is 5.24. The van der Waals surface area contributed by atoms with E-state index in [1.807, 2.05) is 12.1 Å². The number of hydrogen-bond donors (Lipinski definition) is 1. The van der Waals surface area contributed by atoms with Crippen molar-refractivity contribution in [1.29, 1.82) is 0 Å². The summed E-state index contributed by atoms with van der Waals surface area (Å²) in [4.78, 5) is 0. The highest BCUT2D eigenvalue weighted by atomic mass is 31.0. The van der Waals surface area contributed by atoms with Crippen molar-refractivity contribution in [3.05, 3.63) is 29.8 Å². The van der Waals surface area contributed by atoms with Gasteiger partial charge in [0, 0.05) is 11.8 Å². The molecule has 0 spiro atoms. The van der Waals surface area contributed by atoms with Gasteiger partial charge >= 0.3 is 0 Å². The number of hydrogen-bond acceptors (Lipinski definition) is 2. The van der Waals surface area contributed by atoms with Crippen LogP contribution in [0.15, 0.2) is 24.3 Å². The molecule has 1 aliphatic rings. The van der Waals surface area contributed by atoms with E-state index in [1.165, 1.54) is 31.2 Å². The predicted molar refractivity (Wildman–Crippen MR) is 70.8 cm³/mol. The zero-order valence-electron chi connectivity index (χ0n) is 9.78. The summed E-state index contributed by atoms with van der Waals surface area (Å²) in [5.74, 6) is 1.26. The van der Waals surface area contributed by atoms with Crippen LogP contribution in [0.4, 0.5) is 0 Å². The molecule has 1 saturated carbocycles. The van der Waals surface area contributed by atoms with Gasteiger partial charge in [-0.2, -0.15) is 0 Å². The second-order valence-corrected chi connectivity index (χ2v) is 5.07. The van der Waals surface area contributed by atoms with Crippen LogP contribution in [0.1, 0.15) is 37.0 Å². The zero-order valence-corrected chi connectivity index (χ0v) is 10.9. The Kier molecular flexibility index (Phi) is 4.20. The van der Waals surface area contributed by atoms with E-state index in [1.54, 1.807) is 7.11 Å². The normalized spacial score (nSPS) is 18.6. The molecule has 3 heteroatoms. The Hall–Kier alpha value is -0.590. The van der Waals surface area contributed by atoms with Crippen molar-refractivity contribution in [3.63, 3.8) is 0 Å². The van der Waals surface area contributed by atoms with Crippen molar-refractivity contribution < 1.29 is 4.74 Å². The van der Waals surface area contributed by atoms with Crippen LogP contribution in [0.5, 0.6) is 5.75 Å². The van der Waals surface area contributed by atoms with Crippen LogP contribution in [0.2, 0.25) is 0 Å². The van der Waals surface area contributed by atoms with Crippen molar-refractivity contribution in [2.75, 3.05) is 7.11 Å². The van der Waals surface area contributed by atoms with Gasteiger partial charge < -0.3 is 10.1 Å². The van der Waals surface area contributed by atoms with Gasteiger partial charge in [-0.25, -0.2) is 0 Å². The van der Waals surface area contributed by atoms with Gasteiger partial charge in [0.25, 0.3) is 0 Å². The molecule has 2 unspecified atom stereocenters. The summed E-state index contributed by atoms with van der Waals surface area (Å²) in [5, 5.41) is 3.65. The van der Waals surface area contributed by atoms with Gasteiger partial charge in [-0.1, -0.05) is 25.0 Å². The zero-order chi connectivity index (χ0) is 11.4. The first-order chi connectivity index (χ1) is 7.79. The highest BCUT2D eigenvalue weighted by molar-refractivity contribution is 7.17. The third-order valence-corrected chi connectivity index (χ3v) is 3.80. The van der Waals surface area contributed by atoms with Crippen molar-refractivity contribution in [2.24, 2.45) is 0 Å². The van der Waals surface area contributed by atoms with Crippen LogP contribution in [0, 0.1) is 0 Å².